The summed E-state index contributed by atoms with van der Waals surface area (Å²) in [4.78, 5) is 11.7. The lowest BCUT2D eigenvalue weighted by atomic mass is 10.2. The van der Waals surface area contributed by atoms with E-state index in [-0.39, 0.29) is 18.3 Å². The molecule has 140 valence electrons. The molecule has 1 fully saturated rings. The molecule has 1 amide bonds. The number of rotatable bonds is 7. The van der Waals surface area contributed by atoms with Gasteiger partial charge in [-0.1, -0.05) is 42.2 Å². The Morgan fingerprint density at radius 2 is 2.07 bits per heavy atom. The molecule has 0 aromatic heterocycles. The first-order valence-corrected chi connectivity index (χ1v) is 9.64. The number of nitrogens with zero attached hydrogens (tertiary/aromatic N) is 2. The highest BCUT2D eigenvalue weighted by Gasteiger charge is 2.25. The molecule has 1 aliphatic rings. The maximum Gasteiger partial charge on any atom is 0.259 e. The first kappa shape index (κ1) is 19.3. The molecular weight excluding hydrogens is 387 g/mol. The predicted molar refractivity (Wildman–Crippen MR) is 108 cm³/mol. The fourth-order valence-corrected chi connectivity index (χ4v) is 3.31. The standard InChI is InChI=1S/C19H17FN2O3S2/c1-2-24-17-9-13(10-21-22-18(23)12-27-19(22)26)7-8-16(17)25-11-14-5-3-4-6-15(14)20/h3-10H,2,11-12H2,1H3/b21-10+. The van der Waals surface area contributed by atoms with E-state index in [1.807, 2.05) is 6.92 Å². The second-order valence-electron chi connectivity index (χ2n) is 5.52. The van der Waals surface area contributed by atoms with E-state index in [4.69, 9.17) is 21.7 Å². The molecule has 0 N–H and O–H groups in total. The topological polar surface area (TPSA) is 51.1 Å². The van der Waals surface area contributed by atoms with E-state index in [1.54, 1.807) is 42.6 Å². The first-order chi connectivity index (χ1) is 13.1. The molecular formula is C19H17FN2O3S2. The van der Waals surface area contributed by atoms with Crippen LogP contribution in [0.5, 0.6) is 11.5 Å². The van der Waals surface area contributed by atoms with Crippen LogP contribution in [0, 0.1) is 5.82 Å². The average Bonchev–Trinajstić information content (AvgIpc) is 2.98. The fourth-order valence-electron chi connectivity index (χ4n) is 2.35. The van der Waals surface area contributed by atoms with Crippen molar-refractivity contribution in [1.82, 2.24) is 5.01 Å². The molecule has 2 aromatic carbocycles. The van der Waals surface area contributed by atoms with Gasteiger partial charge in [-0.3, -0.25) is 4.79 Å². The quantitative estimate of drug-likeness (QED) is 0.516. The Morgan fingerprint density at radius 1 is 1.26 bits per heavy atom. The van der Waals surface area contributed by atoms with Gasteiger partial charge in [0.05, 0.1) is 18.6 Å². The number of hydrogen-bond donors (Lipinski definition) is 0. The number of hydrazone groups is 1. The Balaban J connectivity index is 1.75. The Hall–Kier alpha value is -2.45. The van der Waals surface area contributed by atoms with E-state index in [9.17, 15) is 9.18 Å². The average molecular weight is 404 g/mol. The lowest BCUT2D eigenvalue weighted by Crippen LogP contribution is -2.22. The van der Waals surface area contributed by atoms with Crippen molar-refractivity contribution < 1.29 is 18.7 Å². The van der Waals surface area contributed by atoms with Gasteiger partial charge in [-0.15, -0.1) is 0 Å². The second-order valence-corrected chi connectivity index (χ2v) is 7.13. The lowest BCUT2D eigenvalue weighted by molar-refractivity contribution is -0.123. The Labute approximate surface area is 166 Å². The molecule has 3 rings (SSSR count). The van der Waals surface area contributed by atoms with Crippen molar-refractivity contribution in [2.75, 3.05) is 12.4 Å². The van der Waals surface area contributed by atoms with Crippen molar-refractivity contribution in [2.45, 2.75) is 13.5 Å². The van der Waals surface area contributed by atoms with Gasteiger partial charge < -0.3 is 9.47 Å². The molecule has 1 saturated heterocycles. The number of carbonyl (C=O) groups is 1. The van der Waals surface area contributed by atoms with Gasteiger partial charge in [0, 0.05) is 5.56 Å². The van der Waals surface area contributed by atoms with E-state index in [0.29, 0.717) is 33.7 Å². The number of carbonyl (C=O) groups excluding carboxylic acids is 1. The molecule has 0 unspecified atom stereocenters. The van der Waals surface area contributed by atoms with Crippen molar-refractivity contribution in [3.05, 3.63) is 59.4 Å². The number of ether oxygens (including phenoxy) is 2. The maximum atomic E-state index is 13.7. The van der Waals surface area contributed by atoms with E-state index in [2.05, 4.69) is 5.10 Å². The van der Waals surface area contributed by atoms with Crippen molar-refractivity contribution >= 4 is 40.4 Å². The number of amides is 1. The van der Waals surface area contributed by atoms with Gasteiger partial charge in [0.15, 0.2) is 15.8 Å². The van der Waals surface area contributed by atoms with E-state index in [0.717, 1.165) is 5.56 Å². The van der Waals surface area contributed by atoms with Gasteiger partial charge in [-0.2, -0.15) is 10.1 Å². The number of thiocarbonyl (C=S) groups is 1. The summed E-state index contributed by atoms with van der Waals surface area (Å²) >= 11 is 6.38. The molecule has 0 atom stereocenters. The second kappa shape index (κ2) is 8.96. The van der Waals surface area contributed by atoms with E-state index < -0.39 is 0 Å². The Kier molecular flexibility index (Phi) is 6.41. The minimum atomic E-state index is -0.316. The smallest absolute Gasteiger partial charge is 0.259 e. The molecule has 0 radical (unpaired) electrons. The highest BCUT2D eigenvalue weighted by molar-refractivity contribution is 8.23. The van der Waals surface area contributed by atoms with Crippen LogP contribution in [-0.4, -0.2) is 33.8 Å². The van der Waals surface area contributed by atoms with E-state index >= 15 is 0 Å². The normalized spacial score (nSPS) is 14.2. The summed E-state index contributed by atoms with van der Waals surface area (Å²) < 4.78 is 25.5. The minimum Gasteiger partial charge on any atom is -0.490 e. The van der Waals surface area contributed by atoms with Crippen LogP contribution in [0.2, 0.25) is 0 Å². The number of thioether (sulfide) groups is 1. The van der Waals surface area contributed by atoms with Gasteiger partial charge >= 0.3 is 0 Å². The van der Waals surface area contributed by atoms with Crippen LogP contribution in [-0.2, 0) is 11.4 Å². The van der Waals surface area contributed by atoms with Gasteiger partial charge in [0.25, 0.3) is 5.91 Å². The summed E-state index contributed by atoms with van der Waals surface area (Å²) in [6.45, 7) is 2.40. The fraction of sp³-hybridized carbons (Fsp3) is 0.211. The zero-order valence-corrected chi connectivity index (χ0v) is 16.2. The zero-order chi connectivity index (χ0) is 19.2. The number of benzene rings is 2. The van der Waals surface area contributed by atoms with Crippen molar-refractivity contribution in [1.29, 1.82) is 0 Å². The molecule has 1 aliphatic heterocycles. The zero-order valence-electron chi connectivity index (χ0n) is 14.6. The lowest BCUT2D eigenvalue weighted by Gasteiger charge is -2.13. The van der Waals surface area contributed by atoms with Crippen LogP contribution < -0.4 is 9.47 Å². The number of hydrogen-bond acceptors (Lipinski definition) is 6. The molecule has 2 aromatic rings. The Morgan fingerprint density at radius 3 is 2.78 bits per heavy atom. The summed E-state index contributed by atoms with van der Waals surface area (Å²) in [5.74, 6) is 0.867. The highest BCUT2D eigenvalue weighted by Crippen LogP contribution is 2.29. The van der Waals surface area contributed by atoms with Crippen LogP contribution in [0.3, 0.4) is 0 Å². The van der Waals surface area contributed by atoms with Crippen molar-refractivity contribution in [2.24, 2.45) is 5.10 Å². The van der Waals surface area contributed by atoms with Crippen molar-refractivity contribution in [3.63, 3.8) is 0 Å². The molecule has 0 aliphatic carbocycles. The largest absolute Gasteiger partial charge is 0.490 e. The SMILES string of the molecule is CCOc1cc(/C=N/N2C(=O)CSC2=S)ccc1OCc1ccccc1F. The molecule has 0 saturated carbocycles. The third-order valence-electron chi connectivity index (χ3n) is 3.66. The monoisotopic (exact) mass is 404 g/mol. The summed E-state index contributed by atoms with van der Waals surface area (Å²) in [5.41, 5.74) is 1.19. The maximum absolute atomic E-state index is 13.7. The first-order valence-electron chi connectivity index (χ1n) is 8.25. The van der Waals surface area contributed by atoms with Gasteiger partial charge in [0.2, 0.25) is 0 Å². The third kappa shape index (κ3) is 4.84. The summed E-state index contributed by atoms with van der Waals surface area (Å²) in [6.07, 6.45) is 1.54. The molecule has 1 heterocycles. The summed E-state index contributed by atoms with van der Waals surface area (Å²) in [7, 11) is 0. The minimum absolute atomic E-state index is 0.0912. The van der Waals surface area contributed by atoms with Crippen LogP contribution >= 0.6 is 24.0 Å². The van der Waals surface area contributed by atoms with E-state index in [1.165, 1.54) is 22.8 Å². The molecule has 8 heteroatoms. The molecule has 0 spiro atoms. The van der Waals surface area contributed by atoms with Gasteiger partial charge in [0.1, 0.15) is 12.4 Å². The van der Waals surface area contributed by atoms with Gasteiger partial charge in [-0.25, -0.2) is 4.39 Å². The molecule has 0 bridgehead atoms. The number of halogens is 1. The van der Waals surface area contributed by atoms with Crippen LogP contribution in [0.25, 0.3) is 0 Å². The van der Waals surface area contributed by atoms with Crippen molar-refractivity contribution in [3.8, 4) is 11.5 Å². The predicted octanol–water partition coefficient (Wildman–Crippen LogP) is 4.00. The van der Waals surface area contributed by atoms with Crippen LogP contribution in [0.1, 0.15) is 18.1 Å². The highest BCUT2D eigenvalue weighted by atomic mass is 32.2. The summed E-state index contributed by atoms with van der Waals surface area (Å²) in [6, 6.07) is 11.7. The summed E-state index contributed by atoms with van der Waals surface area (Å²) in [5, 5.41) is 5.35. The van der Waals surface area contributed by atoms with Crippen LogP contribution in [0.15, 0.2) is 47.6 Å². The third-order valence-corrected chi connectivity index (χ3v) is 5.00. The molecule has 27 heavy (non-hydrogen) atoms. The van der Waals surface area contributed by atoms with Crippen LogP contribution in [0.4, 0.5) is 4.39 Å². The van der Waals surface area contributed by atoms with Gasteiger partial charge in [-0.05, 0) is 36.8 Å². The Bertz CT molecular complexity index is 873. The molecule has 5 nitrogen and oxygen atoms in total.